The lowest BCUT2D eigenvalue weighted by molar-refractivity contribution is -0.117. The summed E-state index contributed by atoms with van der Waals surface area (Å²) in [5.74, 6) is -0.722. The van der Waals surface area contributed by atoms with Crippen molar-refractivity contribution in [2.24, 2.45) is 0 Å². The SMILES string of the molecule is CCOCCCNC(=O)/C(=C/c1ccc[nH]1)NC(=O)c1ccco1. The minimum Gasteiger partial charge on any atom is -0.459 e. The molecule has 0 saturated heterocycles. The van der Waals surface area contributed by atoms with Crippen LogP contribution in [0.4, 0.5) is 0 Å². The van der Waals surface area contributed by atoms with Crippen LogP contribution >= 0.6 is 0 Å². The molecular weight excluding hydrogens is 310 g/mol. The fraction of sp³-hybridized carbons (Fsp3) is 0.294. The van der Waals surface area contributed by atoms with Gasteiger partial charge in [-0.15, -0.1) is 0 Å². The number of ether oxygens (including phenoxy) is 1. The average molecular weight is 331 g/mol. The molecule has 0 saturated carbocycles. The van der Waals surface area contributed by atoms with E-state index in [4.69, 9.17) is 9.15 Å². The van der Waals surface area contributed by atoms with Crippen molar-refractivity contribution in [2.75, 3.05) is 19.8 Å². The molecule has 0 atom stereocenters. The Morgan fingerprint density at radius 2 is 2.21 bits per heavy atom. The van der Waals surface area contributed by atoms with Crippen molar-refractivity contribution in [1.29, 1.82) is 0 Å². The van der Waals surface area contributed by atoms with E-state index in [2.05, 4.69) is 15.6 Å². The summed E-state index contributed by atoms with van der Waals surface area (Å²) in [4.78, 5) is 27.4. The van der Waals surface area contributed by atoms with Gasteiger partial charge in [-0.25, -0.2) is 0 Å². The molecular formula is C17H21N3O4. The number of H-pyrrole nitrogens is 1. The van der Waals surface area contributed by atoms with Crippen molar-refractivity contribution >= 4 is 17.9 Å². The molecule has 2 aromatic heterocycles. The smallest absolute Gasteiger partial charge is 0.291 e. The van der Waals surface area contributed by atoms with Crippen molar-refractivity contribution in [3.63, 3.8) is 0 Å². The van der Waals surface area contributed by atoms with Gasteiger partial charge in [-0.3, -0.25) is 9.59 Å². The van der Waals surface area contributed by atoms with Gasteiger partial charge in [0.15, 0.2) is 5.76 Å². The highest BCUT2D eigenvalue weighted by Crippen LogP contribution is 2.06. The second kappa shape index (κ2) is 9.36. The molecule has 0 spiro atoms. The maximum atomic E-state index is 12.3. The molecule has 0 radical (unpaired) electrons. The number of aromatic amines is 1. The Morgan fingerprint density at radius 1 is 1.33 bits per heavy atom. The summed E-state index contributed by atoms with van der Waals surface area (Å²) >= 11 is 0. The quantitative estimate of drug-likeness (QED) is 0.483. The standard InChI is InChI=1S/C17H21N3O4/c1-2-23-10-5-9-19-16(21)14(12-13-6-3-8-18-13)20-17(22)15-7-4-11-24-15/h3-4,6-8,11-12,18H,2,5,9-10H2,1H3,(H,19,21)(H,20,22)/b14-12-. The Kier molecular flexibility index (Phi) is 6.85. The number of aromatic nitrogens is 1. The number of nitrogens with one attached hydrogen (secondary N) is 3. The summed E-state index contributed by atoms with van der Waals surface area (Å²) in [5.41, 5.74) is 0.837. The molecule has 0 bridgehead atoms. The Labute approximate surface area is 140 Å². The fourth-order valence-corrected chi connectivity index (χ4v) is 1.96. The first kappa shape index (κ1) is 17.6. The molecule has 0 aliphatic heterocycles. The van der Waals surface area contributed by atoms with E-state index in [9.17, 15) is 9.59 Å². The molecule has 0 fully saturated rings. The molecule has 24 heavy (non-hydrogen) atoms. The third-order valence-electron chi connectivity index (χ3n) is 3.11. The van der Waals surface area contributed by atoms with Crippen molar-refractivity contribution in [2.45, 2.75) is 13.3 Å². The molecule has 2 amide bonds. The molecule has 0 aromatic carbocycles. The zero-order valence-electron chi connectivity index (χ0n) is 13.5. The van der Waals surface area contributed by atoms with E-state index in [1.807, 2.05) is 6.92 Å². The Hall–Kier alpha value is -2.80. The lowest BCUT2D eigenvalue weighted by atomic mass is 10.3. The Bertz CT molecular complexity index is 660. The van der Waals surface area contributed by atoms with Gasteiger partial charge in [-0.05, 0) is 43.7 Å². The van der Waals surface area contributed by atoms with Gasteiger partial charge in [-0.1, -0.05) is 0 Å². The van der Waals surface area contributed by atoms with E-state index in [-0.39, 0.29) is 17.4 Å². The summed E-state index contributed by atoms with van der Waals surface area (Å²) in [6.07, 6.45) is 5.40. The zero-order chi connectivity index (χ0) is 17.2. The lowest BCUT2D eigenvalue weighted by Crippen LogP contribution is -2.35. The van der Waals surface area contributed by atoms with Crippen LogP contribution < -0.4 is 10.6 Å². The van der Waals surface area contributed by atoms with Crippen LogP contribution in [-0.2, 0) is 9.53 Å². The third kappa shape index (κ3) is 5.44. The fourth-order valence-electron chi connectivity index (χ4n) is 1.96. The van der Waals surface area contributed by atoms with Crippen LogP contribution in [-0.4, -0.2) is 36.6 Å². The van der Waals surface area contributed by atoms with Crippen molar-refractivity contribution < 1.29 is 18.7 Å². The predicted octanol–water partition coefficient (Wildman–Crippen LogP) is 1.92. The van der Waals surface area contributed by atoms with Gasteiger partial charge in [0, 0.05) is 31.6 Å². The lowest BCUT2D eigenvalue weighted by Gasteiger charge is -2.10. The van der Waals surface area contributed by atoms with Crippen molar-refractivity contribution in [3.05, 3.63) is 53.9 Å². The van der Waals surface area contributed by atoms with Gasteiger partial charge in [-0.2, -0.15) is 0 Å². The van der Waals surface area contributed by atoms with E-state index < -0.39 is 5.91 Å². The van der Waals surface area contributed by atoms with E-state index in [0.717, 1.165) is 0 Å². The number of hydrogen-bond acceptors (Lipinski definition) is 4. The highest BCUT2D eigenvalue weighted by molar-refractivity contribution is 6.04. The van der Waals surface area contributed by atoms with Gasteiger partial charge >= 0.3 is 0 Å². The number of furan rings is 1. The van der Waals surface area contributed by atoms with Crippen LogP contribution in [0.5, 0.6) is 0 Å². The third-order valence-corrected chi connectivity index (χ3v) is 3.11. The van der Waals surface area contributed by atoms with Gasteiger partial charge in [0.2, 0.25) is 0 Å². The summed E-state index contributed by atoms with van der Waals surface area (Å²) < 4.78 is 10.3. The van der Waals surface area contributed by atoms with Crippen LogP contribution in [0, 0.1) is 0 Å². The molecule has 3 N–H and O–H groups in total. The number of carbonyl (C=O) groups is 2. The minimum atomic E-state index is -0.484. The minimum absolute atomic E-state index is 0.134. The van der Waals surface area contributed by atoms with Crippen LogP contribution in [0.2, 0.25) is 0 Å². The number of carbonyl (C=O) groups excluding carboxylic acids is 2. The summed E-state index contributed by atoms with van der Waals surface area (Å²) in [7, 11) is 0. The van der Waals surface area contributed by atoms with Crippen LogP contribution in [0.3, 0.4) is 0 Å². The van der Waals surface area contributed by atoms with E-state index in [1.165, 1.54) is 12.3 Å². The average Bonchev–Trinajstić information content (AvgIpc) is 3.27. The van der Waals surface area contributed by atoms with E-state index in [0.29, 0.717) is 31.9 Å². The number of hydrogen-bond donors (Lipinski definition) is 3. The zero-order valence-corrected chi connectivity index (χ0v) is 13.5. The molecule has 0 aliphatic rings. The van der Waals surface area contributed by atoms with Gasteiger partial charge in [0.25, 0.3) is 11.8 Å². The van der Waals surface area contributed by atoms with Gasteiger partial charge in [0.1, 0.15) is 5.70 Å². The normalized spacial score (nSPS) is 11.3. The number of amides is 2. The van der Waals surface area contributed by atoms with E-state index in [1.54, 1.807) is 30.5 Å². The van der Waals surface area contributed by atoms with Gasteiger partial charge < -0.3 is 24.8 Å². The predicted molar refractivity (Wildman–Crippen MR) is 89.1 cm³/mol. The topological polar surface area (TPSA) is 96.4 Å². The summed E-state index contributed by atoms with van der Waals surface area (Å²) in [6, 6.07) is 6.73. The van der Waals surface area contributed by atoms with Crippen molar-refractivity contribution in [3.8, 4) is 0 Å². The van der Waals surface area contributed by atoms with E-state index >= 15 is 0 Å². The second-order valence-electron chi connectivity index (χ2n) is 4.92. The second-order valence-corrected chi connectivity index (χ2v) is 4.92. The molecule has 2 heterocycles. The maximum absolute atomic E-state index is 12.3. The van der Waals surface area contributed by atoms with Crippen LogP contribution in [0.15, 0.2) is 46.8 Å². The van der Waals surface area contributed by atoms with Gasteiger partial charge in [0.05, 0.1) is 6.26 Å². The summed E-state index contributed by atoms with van der Waals surface area (Å²) in [5, 5.41) is 5.33. The molecule has 2 rings (SSSR count). The molecule has 7 heteroatoms. The Morgan fingerprint density at radius 3 is 2.88 bits per heavy atom. The molecule has 128 valence electrons. The first-order valence-electron chi connectivity index (χ1n) is 7.76. The summed E-state index contributed by atoms with van der Waals surface area (Å²) in [6.45, 7) is 3.59. The first-order valence-corrected chi connectivity index (χ1v) is 7.76. The monoisotopic (exact) mass is 331 g/mol. The van der Waals surface area contributed by atoms with Crippen LogP contribution in [0.1, 0.15) is 29.6 Å². The molecule has 0 unspecified atom stereocenters. The van der Waals surface area contributed by atoms with Crippen LogP contribution in [0.25, 0.3) is 6.08 Å². The molecule has 0 aliphatic carbocycles. The highest BCUT2D eigenvalue weighted by Gasteiger charge is 2.16. The largest absolute Gasteiger partial charge is 0.459 e. The van der Waals surface area contributed by atoms with Crippen molar-refractivity contribution in [1.82, 2.24) is 15.6 Å². The molecule has 7 nitrogen and oxygen atoms in total. The molecule has 2 aromatic rings. The first-order chi connectivity index (χ1) is 11.7. The Balaban J connectivity index is 2.00. The maximum Gasteiger partial charge on any atom is 0.291 e. The highest BCUT2D eigenvalue weighted by atomic mass is 16.5. The number of rotatable bonds is 9.